The predicted molar refractivity (Wildman–Crippen MR) is 110 cm³/mol. The van der Waals surface area contributed by atoms with Crippen LogP contribution in [0.5, 0.6) is 0 Å². The van der Waals surface area contributed by atoms with Crippen molar-refractivity contribution in [2.24, 2.45) is 0 Å². The van der Waals surface area contributed by atoms with Crippen LogP contribution in [0.1, 0.15) is 17.2 Å². The molecule has 0 aliphatic carbocycles. The van der Waals surface area contributed by atoms with E-state index in [-0.39, 0.29) is 28.5 Å². The fourth-order valence-corrected chi connectivity index (χ4v) is 3.51. The molecule has 0 bridgehead atoms. The lowest BCUT2D eigenvalue weighted by molar-refractivity contribution is -0.140. The molecule has 1 heterocycles. The summed E-state index contributed by atoms with van der Waals surface area (Å²) < 4.78 is 13.4. The lowest BCUT2D eigenvalue weighted by Crippen LogP contribution is -2.35. The average molecular weight is 437 g/mol. The zero-order valence-corrected chi connectivity index (χ0v) is 17.3. The number of hydrogen-bond donors (Lipinski definition) is 1. The fraction of sp³-hybridized carbons (Fsp3) is 0.238. The second-order valence-electron chi connectivity index (χ2n) is 6.98. The average Bonchev–Trinajstić information content (AvgIpc) is 2.93. The molecular weight excluding hydrogens is 418 g/mol. The van der Waals surface area contributed by atoms with Crippen molar-refractivity contribution in [2.45, 2.75) is 6.04 Å². The Hall–Kier alpha value is -2.41. The lowest BCUT2D eigenvalue weighted by Gasteiger charge is -2.26. The van der Waals surface area contributed by atoms with Gasteiger partial charge in [-0.05, 0) is 50.0 Å². The van der Waals surface area contributed by atoms with Crippen LogP contribution < -0.4 is 0 Å². The Morgan fingerprint density at radius 2 is 1.76 bits per heavy atom. The van der Waals surface area contributed by atoms with Crippen LogP contribution in [0.3, 0.4) is 0 Å². The summed E-state index contributed by atoms with van der Waals surface area (Å²) in [4.78, 5) is 28.8. The smallest absolute Gasteiger partial charge is 0.295 e. The van der Waals surface area contributed by atoms with Gasteiger partial charge in [0.05, 0.1) is 21.7 Å². The second kappa shape index (κ2) is 8.53. The van der Waals surface area contributed by atoms with Crippen LogP contribution in [0.2, 0.25) is 10.0 Å². The van der Waals surface area contributed by atoms with Crippen LogP contribution >= 0.6 is 23.2 Å². The van der Waals surface area contributed by atoms with Crippen LogP contribution in [0, 0.1) is 5.82 Å². The molecule has 0 spiro atoms. The number of carbonyl (C=O) groups is 2. The Kier molecular flexibility index (Phi) is 6.27. The van der Waals surface area contributed by atoms with Crippen molar-refractivity contribution >= 4 is 40.7 Å². The number of carbonyl (C=O) groups excluding carboxylic acids is 2. The molecule has 0 saturated carbocycles. The van der Waals surface area contributed by atoms with Gasteiger partial charge in [-0.25, -0.2) is 4.39 Å². The minimum Gasteiger partial charge on any atom is -0.507 e. The first-order valence-electron chi connectivity index (χ1n) is 8.84. The monoisotopic (exact) mass is 436 g/mol. The SMILES string of the molecule is CN(C)CCN1C(=O)C(=O)/C(=C(\O)c2ccc(Cl)c(Cl)c2)C1c1ccc(F)cc1. The number of aliphatic hydroxyl groups excluding tert-OH is 1. The molecule has 3 rings (SSSR count). The topological polar surface area (TPSA) is 60.9 Å². The number of benzene rings is 2. The third-order valence-electron chi connectivity index (χ3n) is 4.71. The van der Waals surface area contributed by atoms with Crippen LogP contribution in [-0.2, 0) is 9.59 Å². The quantitative estimate of drug-likeness (QED) is 0.435. The van der Waals surface area contributed by atoms with Crippen LogP contribution in [-0.4, -0.2) is 53.8 Å². The second-order valence-corrected chi connectivity index (χ2v) is 7.79. The van der Waals surface area contributed by atoms with Gasteiger partial charge < -0.3 is 14.9 Å². The van der Waals surface area contributed by atoms with Crippen LogP contribution in [0.25, 0.3) is 5.76 Å². The van der Waals surface area contributed by atoms with Crippen molar-refractivity contribution in [2.75, 3.05) is 27.2 Å². The predicted octanol–water partition coefficient (Wildman–Crippen LogP) is 4.12. The maximum atomic E-state index is 13.4. The van der Waals surface area contributed by atoms with Gasteiger partial charge >= 0.3 is 0 Å². The molecule has 1 unspecified atom stereocenters. The third kappa shape index (κ3) is 4.29. The van der Waals surface area contributed by atoms with Crippen molar-refractivity contribution in [1.29, 1.82) is 0 Å². The highest BCUT2D eigenvalue weighted by atomic mass is 35.5. The minimum atomic E-state index is -0.843. The third-order valence-corrected chi connectivity index (χ3v) is 5.45. The van der Waals surface area contributed by atoms with Gasteiger partial charge in [0.15, 0.2) is 0 Å². The molecule has 2 aromatic rings. The molecule has 0 radical (unpaired) electrons. The molecule has 1 aliphatic heterocycles. The van der Waals surface area contributed by atoms with E-state index in [1.807, 2.05) is 19.0 Å². The molecule has 1 N–H and O–H groups in total. The van der Waals surface area contributed by atoms with E-state index in [0.717, 1.165) is 0 Å². The van der Waals surface area contributed by atoms with Crippen LogP contribution in [0.4, 0.5) is 4.39 Å². The Balaban J connectivity index is 2.15. The van der Waals surface area contributed by atoms with Crippen LogP contribution in [0.15, 0.2) is 48.0 Å². The van der Waals surface area contributed by atoms with Crippen molar-refractivity contribution in [3.05, 3.63) is 75.0 Å². The number of aliphatic hydroxyl groups is 1. The number of hydrogen-bond acceptors (Lipinski definition) is 4. The van der Waals surface area contributed by atoms with E-state index in [2.05, 4.69) is 0 Å². The van der Waals surface area contributed by atoms with Gasteiger partial charge in [0, 0.05) is 18.7 Å². The molecule has 1 amide bonds. The Morgan fingerprint density at radius 1 is 1.10 bits per heavy atom. The van der Waals surface area contributed by atoms with Gasteiger partial charge in [-0.3, -0.25) is 9.59 Å². The molecule has 1 saturated heterocycles. The van der Waals surface area contributed by atoms with Crippen molar-refractivity contribution < 1.29 is 19.1 Å². The Bertz CT molecular complexity index is 990. The molecule has 1 fully saturated rings. The highest BCUT2D eigenvalue weighted by molar-refractivity contribution is 6.46. The van der Waals surface area contributed by atoms with Gasteiger partial charge in [-0.15, -0.1) is 0 Å². The number of amides is 1. The number of halogens is 3. The Labute approximate surface area is 177 Å². The van der Waals surface area contributed by atoms with Crippen molar-refractivity contribution in [1.82, 2.24) is 9.80 Å². The summed E-state index contributed by atoms with van der Waals surface area (Å²) in [7, 11) is 3.69. The zero-order valence-electron chi connectivity index (χ0n) is 15.8. The standard InChI is InChI=1S/C21H19Cl2FN2O3/c1-25(2)9-10-26-18(12-3-6-14(24)7-4-12)17(20(28)21(26)29)19(27)13-5-8-15(22)16(23)11-13/h3-8,11,18,27H,9-10H2,1-2H3/b19-17-. The summed E-state index contributed by atoms with van der Waals surface area (Å²) in [5.74, 6) is -2.32. The molecule has 5 nitrogen and oxygen atoms in total. The molecule has 29 heavy (non-hydrogen) atoms. The summed E-state index contributed by atoms with van der Waals surface area (Å²) in [6, 6.07) is 9.08. The zero-order chi connectivity index (χ0) is 21.3. The van der Waals surface area contributed by atoms with Crippen molar-refractivity contribution in [3.63, 3.8) is 0 Å². The van der Waals surface area contributed by atoms with Crippen molar-refractivity contribution in [3.8, 4) is 0 Å². The molecule has 1 atom stereocenters. The van der Waals surface area contributed by atoms with Gasteiger partial charge in [0.25, 0.3) is 11.7 Å². The summed E-state index contributed by atoms with van der Waals surface area (Å²) in [5.41, 5.74) is 0.710. The van der Waals surface area contributed by atoms with Gasteiger partial charge in [0.1, 0.15) is 11.6 Å². The molecule has 152 valence electrons. The highest BCUT2D eigenvalue weighted by Crippen LogP contribution is 2.40. The number of nitrogens with zero attached hydrogens (tertiary/aromatic N) is 2. The fourth-order valence-electron chi connectivity index (χ4n) is 3.21. The first kappa shape index (κ1) is 21.3. The van der Waals surface area contributed by atoms with Gasteiger partial charge in [-0.2, -0.15) is 0 Å². The largest absolute Gasteiger partial charge is 0.507 e. The minimum absolute atomic E-state index is 0.0706. The Morgan fingerprint density at radius 3 is 2.34 bits per heavy atom. The van der Waals surface area contributed by atoms with E-state index in [1.165, 1.54) is 47.4 Å². The lowest BCUT2D eigenvalue weighted by atomic mass is 9.95. The van der Waals surface area contributed by atoms with E-state index in [9.17, 15) is 19.1 Å². The maximum absolute atomic E-state index is 13.4. The summed E-state index contributed by atoms with van der Waals surface area (Å²) in [6.45, 7) is 0.773. The normalized spacial score (nSPS) is 18.7. The molecule has 0 aromatic heterocycles. The molecule has 1 aliphatic rings. The summed E-state index contributed by atoms with van der Waals surface area (Å²) in [5, 5.41) is 11.4. The van der Waals surface area contributed by atoms with E-state index < -0.39 is 23.5 Å². The first-order valence-corrected chi connectivity index (χ1v) is 9.60. The van der Waals surface area contributed by atoms with E-state index in [0.29, 0.717) is 17.1 Å². The first-order chi connectivity index (χ1) is 13.7. The summed E-state index contributed by atoms with van der Waals surface area (Å²) >= 11 is 12.0. The molecule has 8 heteroatoms. The van der Waals surface area contributed by atoms with Gasteiger partial charge in [0.2, 0.25) is 0 Å². The van der Waals surface area contributed by atoms with E-state index >= 15 is 0 Å². The maximum Gasteiger partial charge on any atom is 0.295 e. The van der Waals surface area contributed by atoms with E-state index in [4.69, 9.17) is 23.2 Å². The number of likely N-dealkylation sites (tertiary alicyclic amines) is 1. The highest BCUT2D eigenvalue weighted by Gasteiger charge is 2.45. The molecule has 2 aromatic carbocycles. The number of ketones is 1. The number of likely N-dealkylation sites (N-methyl/N-ethyl adjacent to an activating group) is 1. The van der Waals surface area contributed by atoms with Gasteiger partial charge in [-0.1, -0.05) is 35.3 Å². The summed E-state index contributed by atoms with van der Waals surface area (Å²) in [6.07, 6.45) is 0. The number of Topliss-reactive ketones (excluding diaryl/α,β-unsaturated/α-hetero) is 1. The van der Waals surface area contributed by atoms with E-state index in [1.54, 1.807) is 0 Å². The number of rotatable bonds is 5. The molecular formula is C21H19Cl2FN2O3.